The fourth-order valence-electron chi connectivity index (χ4n) is 1.78. The van der Waals surface area contributed by atoms with Crippen LogP contribution in [0.1, 0.15) is 38.5 Å². The Balaban J connectivity index is 2.33. The average Bonchev–Trinajstić information content (AvgIpc) is 2.16. The second kappa shape index (κ2) is 5.93. The summed E-state index contributed by atoms with van der Waals surface area (Å²) in [6.45, 7) is 0. The quantitative estimate of drug-likeness (QED) is 0.745. The molecule has 0 unspecified atom stereocenters. The van der Waals surface area contributed by atoms with E-state index in [4.69, 9.17) is 11.6 Å². The molecule has 1 fully saturated rings. The lowest BCUT2D eigenvalue weighted by atomic mass is 9.96. The standard InChI is InChI=1S/C9H18ClNO2S/c10-7-4-8-14(12,13)11-9-5-2-1-3-6-9/h9,11H,1-8H2. The summed E-state index contributed by atoms with van der Waals surface area (Å²) in [4.78, 5) is 0. The van der Waals surface area contributed by atoms with Crippen molar-refractivity contribution in [2.45, 2.75) is 44.6 Å². The van der Waals surface area contributed by atoms with Crippen molar-refractivity contribution in [3.05, 3.63) is 0 Å². The second-order valence-corrected chi connectivity index (χ2v) is 6.07. The largest absolute Gasteiger partial charge is 0.212 e. The van der Waals surface area contributed by atoms with Crippen molar-refractivity contribution in [2.24, 2.45) is 0 Å². The van der Waals surface area contributed by atoms with E-state index < -0.39 is 10.0 Å². The number of alkyl halides is 1. The zero-order valence-corrected chi connectivity index (χ0v) is 9.91. The van der Waals surface area contributed by atoms with Gasteiger partial charge in [-0.3, -0.25) is 0 Å². The van der Waals surface area contributed by atoms with E-state index in [-0.39, 0.29) is 11.8 Å². The molecule has 0 amide bonds. The third kappa shape index (κ3) is 4.62. The monoisotopic (exact) mass is 239 g/mol. The van der Waals surface area contributed by atoms with E-state index in [1.165, 1.54) is 6.42 Å². The number of halogens is 1. The minimum atomic E-state index is -3.08. The Morgan fingerprint density at radius 1 is 1.21 bits per heavy atom. The van der Waals surface area contributed by atoms with Crippen LogP contribution in [-0.2, 0) is 10.0 Å². The van der Waals surface area contributed by atoms with E-state index in [9.17, 15) is 8.42 Å². The summed E-state index contributed by atoms with van der Waals surface area (Å²) in [5.41, 5.74) is 0. The molecule has 0 aromatic rings. The highest BCUT2D eigenvalue weighted by Crippen LogP contribution is 2.18. The molecule has 1 aliphatic rings. The van der Waals surface area contributed by atoms with Crippen LogP contribution in [-0.4, -0.2) is 26.1 Å². The molecule has 0 aromatic carbocycles. The van der Waals surface area contributed by atoms with Gasteiger partial charge in [-0.15, -0.1) is 11.6 Å². The summed E-state index contributed by atoms with van der Waals surface area (Å²) < 4.78 is 25.7. The van der Waals surface area contributed by atoms with Gasteiger partial charge in [0, 0.05) is 11.9 Å². The summed E-state index contributed by atoms with van der Waals surface area (Å²) in [5.74, 6) is 0.568. The van der Waals surface area contributed by atoms with Crippen molar-refractivity contribution in [3.8, 4) is 0 Å². The van der Waals surface area contributed by atoms with Gasteiger partial charge in [-0.2, -0.15) is 0 Å². The smallest absolute Gasteiger partial charge is 0.211 e. The van der Waals surface area contributed by atoms with Gasteiger partial charge in [0.25, 0.3) is 0 Å². The van der Waals surface area contributed by atoms with E-state index in [1.807, 2.05) is 0 Å². The Labute approximate surface area is 91.3 Å². The lowest BCUT2D eigenvalue weighted by Crippen LogP contribution is -2.37. The predicted molar refractivity (Wildman–Crippen MR) is 59.1 cm³/mol. The topological polar surface area (TPSA) is 46.2 Å². The maximum Gasteiger partial charge on any atom is 0.211 e. The van der Waals surface area contributed by atoms with Gasteiger partial charge in [0.05, 0.1) is 5.75 Å². The first kappa shape index (κ1) is 12.3. The van der Waals surface area contributed by atoms with Gasteiger partial charge >= 0.3 is 0 Å². The molecule has 1 saturated carbocycles. The maximum atomic E-state index is 11.5. The van der Waals surface area contributed by atoms with Crippen molar-refractivity contribution in [2.75, 3.05) is 11.6 Å². The molecule has 1 aliphatic carbocycles. The van der Waals surface area contributed by atoms with E-state index >= 15 is 0 Å². The third-order valence-electron chi connectivity index (χ3n) is 2.50. The molecule has 1 rings (SSSR count). The third-order valence-corrected chi connectivity index (χ3v) is 4.28. The summed E-state index contributed by atoms with van der Waals surface area (Å²) in [6, 6.07) is 0.170. The Hall–Kier alpha value is 0.200. The van der Waals surface area contributed by atoms with E-state index in [0.717, 1.165) is 25.7 Å². The summed E-state index contributed by atoms with van der Waals surface area (Å²) >= 11 is 5.46. The highest BCUT2D eigenvalue weighted by atomic mass is 35.5. The van der Waals surface area contributed by atoms with Crippen molar-refractivity contribution in [1.29, 1.82) is 0 Å². The Morgan fingerprint density at radius 2 is 1.86 bits per heavy atom. The minimum Gasteiger partial charge on any atom is -0.212 e. The minimum absolute atomic E-state index is 0.160. The second-order valence-electron chi connectivity index (χ2n) is 3.81. The van der Waals surface area contributed by atoms with Crippen LogP contribution in [0.4, 0.5) is 0 Å². The lowest BCUT2D eigenvalue weighted by molar-refractivity contribution is 0.412. The van der Waals surface area contributed by atoms with Gasteiger partial charge in [-0.05, 0) is 19.3 Å². The lowest BCUT2D eigenvalue weighted by Gasteiger charge is -2.22. The summed E-state index contributed by atoms with van der Waals surface area (Å²) in [6.07, 6.45) is 6.02. The number of hydrogen-bond donors (Lipinski definition) is 1. The first-order chi connectivity index (χ1) is 6.64. The van der Waals surface area contributed by atoms with Gasteiger partial charge in [0.2, 0.25) is 10.0 Å². The molecular formula is C9H18ClNO2S. The number of hydrogen-bond acceptors (Lipinski definition) is 2. The highest BCUT2D eigenvalue weighted by Gasteiger charge is 2.19. The molecule has 0 saturated heterocycles. The first-order valence-corrected chi connectivity index (χ1v) is 7.39. The molecule has 0 radical (unpaired) electrons. The molecule has 84 valence electrons. The predicted octanol–water partition coefficient (Wildman–Crippen LogP) is 1.87. The van der Waals surface area contributed by atoms with Crippen LogP contribution < -0.4 is 4.72 Å². The maximum absolute atomic E-state index is 11.5. The van der Waals surface area contributed by atoms with E-state index in [0.29, 0.717) is 12.3 Å². The summed E-state index contributed by atoms with van der Waals surface area (Å²) in [5, 5.41) is 0. The van der Waals surface area contributed by atoms with Crippen molar-refractivity contribution in [1.82, 2.24) is 4.72 Å². The van der Waals surface area contributed by atoms with Crippen LogP contribution in [0.5, 0.6) is 0 Å². The van der Waals surface area contributed by atoms with Gasteiger partial charge in [-0.25, -0.2) is 13.1 Å². The molecular weight excluding hydrogens is 222 g/mol. The zero-order chi connectivity index (χ0) is 10.4. The first-order valence-electron chi connectivity index (χ1n) is 5.20. The van der Waals surface area contributed by atoms with E-state index in [2.05, 4.69) is 4.72 Å². The van der Waals surface area contributed by atoms with E-state index in [1.54, 1.807) is 0 Å². The molecule has 0 heterocycles. The Morgan fingerprint density at radius 3 is 2.43 bits per heavy atom. The van der Waals surface area contributed by atoms with Crippen molar-refractivity contribution < 1.29 is 8.42 Å². The molecule has 0 aliphatic heterocycles. The fraction of sp³-hybridized carbons (Fsp3) is 1.00. The Bertz CT molecular complexity index is 248. The molecule has 0 bridgehead atoms. The molecule has 14 heavy (non-hydrogen) atoms. The van der Waals surface area contributed by atoms with Crippen LogP contribution in [0, 0.1) is 0 Å². The highest BCUT2D eigenvalue weighted by molar-refractivity contribution is 7.89. The molecule has 5 heteroatoms. The van der Waals surface area contributed by atoms with Gasteiger partial charge in [-0.1, -0.05) is 19.3 Å². The SMILES string of the molecule is O=S(=O)(CCCCl)NC1CCCCC1. The molecule has 0 aromatic heterocycles. The van der Waals surface area contributed by atoms with Crippen LogP contribution in [0.3, 0.4) is 0 Å². The van der Waals surface area contributed by atoms with Crippen LogP contribution in [0.25, 0.3) is 0 Å². The van der Waals surface area contributed by atoms with Crippen LogP contribution >= 0.6 is 11.6 Å². The molecule has 0 atom stereocenters. The number of sulfonamides is 1. The fourth-order valence-corrected chi connectivity index (χ4v) is 3.46. The van der Waals surface area contributed by atoms with Gasteiger partial charge in [0.15, 0.2) is 0 Å². The number of rotatable bonds is 5. The van der Waals surface area contributed by atoms with Crippen LogP contribution in [0.15, 0.2) is 0 Å². The molecule has 0 spiro atoms. The van der Waals surface area contributed by atoms with Gasteiger partial charge in [0.1, 0.15) is 0 Å². The van der Waals surface area contributed by atoms with Crippen molar-refractivity contribution in [3.63, 3.8) is 0 Å². The zero-order valence-electron chi connectivity index (χ0n) is 8.34. The van der Waals surface area contributed by atoms with Crippen molar-refractivity contribution >= 4 is 21.6 Å². The van der Waals surface area contributed by atoms with Gasteiger partial charge < -0.3 is 0 Å². The number of nitrogens with one attached hydrogen (secondary N) is 1. The van der Waals surface area contributed by atoms with Crippen LogP contribution in [0.2, 0.25) is 0 Å². The Kier molecular flexibility index (Phi) is 5.20. The molecule has 3 nitrogen and oxygen atoms in total. The summed E-state index contributed by atoms with van der Waals surface area (Å²) in [7, 11) is -3.08. The molecule has 1 N–H and O–H groups in total. The average molecular weight is 240 g/mol. The normalized spacial score (nSPS) is 19.8.